The summed E-state index contributed by atoms with van der Waals surface area (Å²) in [5.41, 5.74) is 1.06. The molecule has 1 fully saturated rings. The van der Waals surface area contributed by atoms with E-state index in [0.717, 1.165) is 11.4 Å². The number of hydrogen-bond donors (Lipinski definition) is 2. The third-order valence-electron chi connectivity index (χ3n) is 4.39. The fourth-order valence-corrected chi connectivity index (χ4v) is 3.80. The lowest BCUT2D eigenvalue weighted by atomic mass is 10.1. The number of benzene rings is 1. The normalized spacial score (nSPS) is 17.6. The molecule has 1 unspecified atom stereocenters. The van der Waals surface area contributed by atoms with Crippen molar-refractivity contribution >= 4 is 46.0 Å². The Hall–Kier alpha value is -1.45. The summed E-state index contributed by atoms with van der Waals surface area (Å²) in [4.78, 5) is 12.9. The van der Waals surface area contributed by atoms with Crippen LogP contribution in [0.2, 0.25) is 10.2 Å². The SMILES string of the molecule is C[C@H](Nc1nc(Cl)cc(N2CCN(CS(=O)O)CC2)n1)c1ccc(Cl)cc1. The Labute approximate surface area is 171 Å². The van der Waals surface area contributed by atoms with Crippen molar-refractivity contribution in [3.63, 3.8) is 0 Å². The highest BCUT2D eigenvalue weighted by molar-refractivity contribution is 7.79. The molecular formula is C17H21Cl2N5O2S. The van der Waals surface area contributed by atoms with E-state index in [4.69, 9.17) is 27.8 Å². The zero-order chi connectivity index (χ0) is 19.4. The van der Waals surface area contributed by atoms with E-state index in [0.29, 0.717) is 42.3 Å². The summed E-state index contributed by atoms with van der Waals surface area (Å²) < 4.78 is 20.0. The number of anilines is 2. The topological polar surface area (TPSA) is 81.6 Å². The van der Waals surface area contributed by atoms with Gasteiger partial charge in [-0.25, -0.2) is 9.19 Å². The van der Waals surface area contributed by atoms with Crippen molar-refractivity contribution in [1.82, 2.24) is 14.9 Å². The molecular weight excluding hydrogens is 409 g/mol. The Morgan fingerprint density at radius 2 is 1.85 bits per heavy atom. The van der Waals surface area contributed by atoms with Gasteiger partial charge in [-0.1, -0.05) is 35.3 Å². The average molecular weight is 430 g/mol. The van der Waals surface area contributed by atoms with Gasteiger partial charge in [-0.2, -0.15) is 4.98 Å². The Balaban J connectivity index is 1.67. The van der Waals surface area contributed by atoms with E-state index in [1.165, 1.54) is 0 Å². The van der Waals surface area contributed by atoms with Crippen LogP contribution in [0.25, 0.3) is 0 Å². The van der Waals surface area contributed by atoms with Gasteiger partial charge in [0.2, 0.25) is 5.95 Å². The highest BCUT2D eigenvalue weighted by Crippen LogP contribution is 2.23. The number of piperazine rings is 1. The first-order chi connectivity index (χ1) is 12.9. The lowest BCUT2D eigenvalue weighted by Gasteiger charge is -2.34. The van der Waals surface area contributed by atoms with E-state index in [-0.39, 0.29) is 11.9 Å². The molecule has 1 aromatic heterocycles. The van der Waals surface area contributed by atoms with Gasteiger partial charge in [0.05, 0.1) is 6.04 Å². The largest absolute Gasteiger partial charge is 0.354 e. The summed E-state index contributed by atoms with van der Waals surface area (Å²) >= 11 is 10.3. The van der Waals surface area contributed by atoms with Gasteiger partial charge in [0.25, 0.3) is 0 Å². The van der Waals surface area contributed by atoms with Gasteiger partial charge in [0.1, 0.15) is 16.8 Å². The number of halogens is 2. The summed E-state index contributed by atoms with van der Waals surface area (Å²) in [6.45, 7) is 4.81. The third kappa shape index (κ3) is 5.76. The highest BCUT2D eigenvalue weighted by atomic mass is 35.5. The zero-order valence-corrected chi connectivity index (χ0v) is 17.1. The maximum Gasteiger partial charge on any atom is 0.226 e. The Bertz CT molecular complexity index is 800. The summed E-state index contributed by atoms with van der Waals surface area (Å²) in [5.74, 6) is 1.37. The van der Waals surface area contributed by atoms with Crippen molar-refractivity contribution in [2.24, 2.45) is 0 Å². The van der Waals surface area contributed by atoms with Crippen LogP contribution in [0, 0.1) is 0 Å². The van der Waals surface area contributed by atoms with Crippen molar-refractivity contribution in [2.75, 3.05) is 42.3 Å². The molecule has 2 aromatic rings. The van der Waals surface area contributed by atoms with Crippen LogP contribution < -0.4 is 10.2 Å². The molecule has 1 saturated heterocycles. The van der Waals surface area contributed by atoms with Crippen LogP contribution in [0.5, 0.6) is 0 Å². The molecule has 1 aliphatic heterocycles. The second-order valence-corrected chi connectivity index (χ2v) is 8.07. The molecule has 10 heteroatoms. The van der Waals surface area contributed by atoms with Gasteiger partial charge in [-0.3, -0.25) is 4.90 Å². The van der Waals surface area contributed by atoms with Gasteiger partial charge in [-0.15, -0.1) is 0 Å². The van der Waals surface area contributed by atoms with E-state index in [9.17, 15) is 4.21 Å². The fourth-order valence-electron chi connectivity index (χ4n) is 2.92. The van der Waals surface area contributed by atoms with E-state index in [2.05, 4.69) is 20.2 Å². The molecule has 0 saturated carbocycles. The molecule has 0 bridgehead atoms. The first kappa shape index (κ1) is 20.3. The maximum atomic E-state index is 10.9. The molecule has 146 valence electrons. The van der Waals surface area contributed by atoms with Crippen LogP contribution in [0.15, 0.2) is 30.3 Å². The lowest BCUT2D eigenvalue weighted by molar-refractivity contribution is 0.292. The third-order valence-corrected chi connectivity index (χ3v) is 5.42. The average Bonchev–Trinajstić information content (AvgIpc) is 2.62. The molecule has 7 nitrogen and oxygen atoms in total. The standard InChI is InChI=1S/C17H21Cl2N5O2S/c1-12(13-2-4-14(18)5-3-13)20-17-21-15(19)10-16(22-17)24-8-6-23(7-9-24)11-27(25)26/h2-5,10,12H,6-9,11H2,1H3,(H,25,26)(H,20,21,22)/t12-/m0/s1. The van der Waals surface area contributed by atoms with Crippen molar-refractivity contribution < 1.29 is 8.76 Å². The number of hydrogen-bond acceptors (Lipinski definition) is 6. The summed E-state index contributed by atoms with van der Waals surface area (Å²) in [6.07, 6.45) is 0. The zero-order valence-electron chi connectivity index (χ0n) is 14.8. The summed E-state index contributed by atoms with van der Waals surface area (Å²) in [7, 11) is 0. The van der Waals surface area contributed by atoms with Gasteiger partial charge >= 0.3 is 0 Å². The molecule has 2 N–H and O–H groups in total. The van der Waals surface area contributed by atoms with Crippen LogP contribution in [-0.2, 0) is 11.1 Å². The Morgan fingerprint density at radius 1 is 1.19 bits per heavy atom. The first-order valence-electron chi connectivity index (χ1n) is 8.52. The van der Waals surface area contributed by atoms with Crippen molar-refractivity contribution in [3.8, 4) is 0 Å². The van der Waals surface area contributed by atoms with E-state index >= 15 is 0 Å². The number of rotatable bonds is 6. The molecule has 0 spiro atoms. The molecule has 2 atom stereocenters. The van der Waals surface area contributed by atoms with Gasteiger partial charge in [-0.05, 0) is 24.6 Å². The monoisotopic (exact) mass is 429 g/mol. The predicted molar refractivity (Wildman–Crippen MR) is 110 cm³/mol. The van der Waals surface area contributed by atoms with Crippen molar-refractivity contribution in [2.45, 2.75) is 13.0 Å². The lowest BCUT2D eigenvalue weighted by Crippen LogP contribution is -2.47. The molecule has 0 amide bonds. The van der Waals surface area contributed by atoms with Crippen LogP contribution in [0.1, 0.15) is 18.5 Å². The van der Waals surface area contributed by atoms with E-state index in [1.54, 1.807) is 6.07 Å². The molecule has 2 heterocycles. The van der Waals surface area contributed by atoms with Gasteiger partial charge < -0.3 is 14.8 Å². The van der Waals surface area contributed by atoms with Crippen LogP contribution in [0.4, 0.5) is 11.8 Å². The minimum Gasteiger partial charge on any atom is -0.354 e. The summed E-state index contributed by atoms with van der Waals surface area (Å²) in [5, 5.41) is 4.33. The predicted octanol–water partition coefficient (Wildman–Crippen LogP) is 3.26. The maximum absolute atomic E-state index is 10.9. The van der Waals surface area contributed by atoms with Crippen molar-refractivity contribution in [1.29, 1.82) is 0 Å². The van der Waals surface area contributed by atoms with Crippen LogP contribution >= 0.6 is 23.2 Å². The van der Waals surface area contributed by atoms with Crippen LogP contribution in [-0.4, -0.2) is 55.7 Å². The Kier molecular flexibility index (Phi) is 6.88. The second-order valence-electron chi connectivity index (χ2n) is 6.35. The Morgan fingerprint density at radius 3 is 2.48 bits per heavy atom. The summed E-state index contributed by atoms with van der Waals surface area (Å²) in [6, 6.07) is 9.33. The second kappa shape index (κ2) is 9.16. The quantitative estimate of drug-likeness (QED) is 0.538. The molecule has 27 heavy (non-hydrogen) atoms. The molecule has 0 radical (unpaired) electrons. The number of nitrogens with zero attached hydrogens (tertiary/aromatic N) is 4. The van der Waals surface area contributed by atoms with E-state index in [1.807, 2.05) is 36.1 Å². The molecule has 1 aromatic carbocycles. The highest BCUT2D eigenvalue weighted by Gasteiger charge is 2.20. The number of aromatic nitrogens is 2. The minimum atomic E-state index is -1.81. The molecule has 1 aliphatic rings. The first-order valence-corrected chi connectivity index (χ1v) is 10.6. The van der Waals surface area contributed by atoms with Crippen LogP contribution in [0.3, 0.4) is 0 Å². The van der Waals surface area contributed by atoms with Gasteiger partial charge in [0, 0.05) is 37.3 Å². The van der Waals surface area contributed by atoms with E-state index < -0.39 is 11.1 Å². The van der Waals surface area contributed by atoms with Crippen molar-refractivity contribution in [3.05, 3.63) is 46.1 Å². The molecule has 3 rings (SSSR count). The minimum absolute atomic E-state index is 0.00929. The van der Waals surface area contributed by atoms with Gasteiger partial charge in [0.15, 0.2) is 11.1 Å². The smallest absolute Gasteiger partial charge is 0.226 e. The fraction of sp³-hybridized carbons (Fsp3) is 0.412. The number of nitrogens with one attached hydrogen (secondary N) is 1. The molecule has 0 aliphatic carbocycles.